The van der Waals surface area contributed by atoms with E-state index < -0.39 is 0 Å². The lowest BCUT2D eigenvalue weighted by Gasteiger charge is -2.36. The highest BCUT2D eigenvalue weighted by atomic mass is 16.2. The molecule has 2 fully saturated rings. The van der Waals surface area contributed by atoms with Crippen LogP contribution in [-0.4, -0.2) is 59.5 Å². The van der Waals surface area contributed by atoms with E-state index in [9.17, 15) is 4.79 Å². The van der Waals surface area contributed by atoms with E-state index in [4.69, 9.17) is 5.26 Å². The smallest absolute Gasteiger partial charge is 0.238 e. The first-order valence-electron chi connectivity index (χ1n) is 12.4. The number of benzene rings is 1. The van der Waals surface area contributed by atoms with Gasteiger partial charge in [0.2, 0.25) is 5.91 Å². The van der Waals surface area contributed by atoms with Gasteiger partial charge in [0, 0.05) is 19.1 Å². The number of hydrogen-bond acceptors (Lipinski definition) is 5. The van der Waals surface area contributed by atoms with E-state index in [1.165, 1.54) is 57.0 Å². The Kier molecular flexibility index (Phi) is 6.70. The molecule has 6 nitrogen and oxygen atoms in total. The van der Waals surface area contributed by atoms with Gasteiger partial charge in [-0.3, -0.25) is 14.6 Å². The second-order valence-corrected chi connectivity index (χ2v) is 9.79. The molecule has 0 unspecified atom stereocenters. The van der Waals surface area contributed by atoms with E-state index in [0.717, 1.165) is 32.0 Å². The lowest BCUT2D eigenvalue weighted by atomic mass is 9.87. The van der Waals surface area contributed by atoms with Gasteiger partial charge in [-0.1, -0.05) is 24.6 Å². The number of nitriles is 1. The quantitative estimate of drug-likeness (QED) is 0.762. The van der Waals surface area contributed by atoms with Crippen molar-refractivity contribution >= 4 is 11.6 Å². The monoisotopic (exact) mass is 443 g/mol. The molecule has 6 heteroatoms. The molecule has 33 heavy (non-hydrogen) atoms. The Bertz CT molecular complexity index is 1020. The third-order valence-corrected chi connectivity index (χ3v) is 7.75. The van der Waals surface area contributed by atoms with Gasteiger partial charge in [-0.05, 0) is 86.4 Å². The summed E-state index contributed by atoms with van der Waals surface area (Å²) in [5.74, 6) is 0.560. The van der Waals surface area contributed by atoms with Crippen molar-refractivity contribution in [2.24, 2.45) is 0 Å². The number of nitrogens with zero attached hydrogens (tertiary/aromatic N) is 4. The molecule has 172 valence electrons. The summed E-state index contributed by atoms with van der Waals surface area (Å²) in [6, 6.07) is 13.4. The first-order chi connectivity index (χ1) is 16.2. The SMILES string of the molecule is N#Cc1ccc(NC(=O)CN2CCC(c3ccc4c(c3)CCN(C3CCC3)CC4)CC2)cn1. The van der Waals surface area contributed by atoms with Crippen LogP contribution in [0.3, 0.4) is 0 Å². The maximum atomic E-state index is 12.4. The van der Waals surface area contributed by atoms with Gasteiger partial charge < -0.3 is 5.32 Å². The molecule has 1 amide bonds. The van der Waals surface area contributed by atoms with Gasteiger partial charge in [-0.25, -0.2) is 4.98 Å². The summed E-state index contributed by atoms with van der Waals surface area (Å²) in [6.45, 7) is 4.71. The Hall–Kier alpha value is -2.75. The highest BCUT2D eigenvalue weighted by Gasteiger charge is 2.27. The number of carbonyl (C=O) groups excluding carboxylic acids is 1. The molecule has 3 heterocycles. The average Bonchev–Trinajstić information content (AvgIpc) is 3.01. The minimum absolute atomic E-state index is 0.0268. The normalized spacial score (nSPS) is 20.3. The van der Waals surface area contributed by atoms with E-state index in [2.05, 4.69) is 38.3 Å². The number of likely N-dealkylation sites (tertiary alicyclic amines) is 1. The van der Waals surface area contributed by atoms with Gasteiger partial charge in [0.25, 0.3) is 0 Å². The number of carbonyl (C=O) groups is 1. The fourth-order valence-electron chi connectivity index (χ4n) is 5.50. The molecule has 2 aromatic rings. The standard InChI is InChI=1S/C27H33N5O/c28-17-24-6-7-25(18-29-24)30-27(33)19-31-12-8-21(9-13-31)22-5-4-20-10-14-32(26-2-1-3-26)15-11-23(20)16-22/h4-7,16,18,21,26H,1-3,8-15,19H2,(H,30,33). The summed E-state index contributed by atoms with van der Waals surface area (Å²) in [6.07, 6.45) is 10.3. The zero-order chi connectivity index (χ0) is 22.6. The zero-order valence-corrected chi connectivity index (χ0v) is 19.3. The summed E-state index contributed by atoms with van der Waals surface area (Å²) in [7, 11) is 0. The lowest BCUT2D eigenvalue weighted by molar-refractivity contribution is -0.117. The Morgan fingerprint density at radius 3 is 2.48 bits per heavy atom. The fourth-order valence-corrected chi connectivity index (χ4v) is 5.50. The first-order valence-corrected chi connectivity index (χ1v) is 12.4. The number of fused-ring (bicyclic) bond motifs is 1. The fraction of sp³-hybridized carbons (Fsp3) is 0.519. The molecule has 1 N–H and O–H groups in total. The zero-order valence-electron chi connectivity index (χ0n) is 19.3. The topological polar surface area (TPSA) is 72.3 Å². The van der Waals surface area contributed by atoms with Crippen LogP contribution >= 0.6 is 0 Å². The van der Waals surface area contributed by atoms with Crippen molar-refractivity contribution < 1.29 is 4.79 Å². The van der Waals surface area contributed by atoms with Gasteiger partial charge >= 0.3 is 0 Å². The molecule has 1 saturated heterocycles. The van der Waals surface area contributed by atoms with E-state index in [-0.39, 0.29) is 5.91 Å². The second-order valence-electron chi connectivity index (χ2n) is 9.79. The van der Waals surface area contributed by atoms with Gasteiger partial charge in [0.05, 0.1) is 18.4 Å². The van der Waals surface area contributed by atoms with Crippen molar-refractivity contribution in [3.8, 4) is 6.07 Å². The van der Waals surface area contributed by atoms with E-state index in [1.54, 1.807) is 23.3 Å². The molecule has 1 aliphatic carbocycles. The van der Waals surface area contributed by atoms with Crippen molar-refractivity contribution in [1.29, 1.82) is 5.26 Å². The van der Waals surface area contributed by atoms with E-state index >= 15 is 0 Å². The number of rotatable bonds is 5. The minimum atomic E-state index is -0.0268. The van der Waals surface area contributed by atoms with Gasteiger partial charge in [-0.15, -0.1) is 0 Å². The van der Waals surface area contributed by atoms with Crippen molar-refractivity contribution in [2.75, 3.05) is 38.0 Å². The molecule has 1 aromatic carbocycles. The Morgan fingerprint density at radius 2 is 1.82 bits per heavy atom. The van der Waals surface area contributed by atoms with Crippen molar-refractivity contribution in [1.82, 2.24) is 14.8 Å². The van der Waals surface area contributed by atoms with Crippen molar-refractivity contribution in [3.63, 3.8) is 0 Å². The predicted molar refractivity (Wildman–Crippen MR) is 129 cm³/mol. The van der Waals surface area contributed by atoms with Crippen LogP contribution in [0.4, 0.5) is 5.69 Å². The van der Waals surface area contributed by atoms with Gasteiger partial charge in [-0.2, -0.15) is 5.26 Å². The Morgan fingerprint density at radius 1 is 1.03 bits per heavy atom. The van der Waals surface area contributed by atoms with Crippen LogP contribution in [0.1, 0.15) is 60.4 Å². The summed E-state index contributed by atoms with van der Waals surface area (Å²) >= 11 is 0. The predicted octanol–water partition coefficient (Wildman–Crippen LogP) is 3.72. The minimum Gasteiger partial charge on any atom is -0.324 e. The maximum Gasteiger partial charge on any atom is 0.238 e. The molecule has 0 atom stereocenters. The van der Waals surface area contributed by atoms with Gasteiger partial charge in [0.15, 0.2) is 0 Å². The summed E-state index contributed by atoms with van der Waals surface area (Å²) in [4.78, 5) is 21.4. The number of hydrogen-bond donors (Lipinski definition) is 1. The third-order valence-electron chi connectivity index (χ3n) is 7.75. The van der Waals surface area contributed by atoms with Gasteiger partial charge in [0.1, 0.15) is 11.8 Å². The number of pyridine rings is 1. The Labute approximate surface area is 196 Å². The number of nitrogens with one attached hydrogen (secondary N) is 1. The van der Waals surface area contributed by atoms with Crippen molar-refractivity contribution in [2.45, 2.75) is 56.9 Å². The first kappa shape index (κ1) is 22.1. The van der Waals surface area contributed by atoms with Crippen LogP contribution in [0.5, 0.6) is 0 Å². The largest absolute Gasteiger partial charge is 0.324 e. The molecule has 3 aliphatic rings. The number of anilines is 1. The summed E-state index contributed by atoms with van der Waals surface area (Å²) < 4.78 is 0. The van der Waals surface area contributed by atoms with Crippen LogP contribution in [-0.2, 0) is 17.6 Å². The van der Waals surface area contributed by atoms with Crippen LogP contribution in [0, 0.1) is 11.3 Å². The number of piperidine rings is 1. The lowest BCUT2D eigenvalue weighted by Crippen LogP contribution is -2.41. The van der Waals surface area contributed by atoms with E-state index in [0.29, 0.717) is 23.8 Å². The molecule has 1 aromatic heterocycles. The van der Waals surface area contributed by atoms with E-state index in [1.807, 2.05) is 6.07 Å². The number of amides is 1. The van der Waals surface area contributed by atoms with Crippen LogP contribution in [0.15, 0.2) is 36.5 Å². The Balaban J connectivity index is 1.12. The highest BCUT2D eigenvalue weighted by molar-refractivity contribution is 5.92. The average molecular weight is 444 g/mol. The molecular formula is C27H33N5O. The molecular weight excluding hydrogens is 410 g/mol. The highest BCUT2D eigenvalue weighted by Crippen LogP contribution is 2.32. The molecule has 5 rings (SSSR count). The van der Waals surface area contributed by atoms with Crippen LogP contribution in [0.25, 0.3) is 0 Å². The second kappa shape index (κ2) is 10.0. The molecule has 0 radical (unpaired) electrons. The van der Waals surface area contributed by atoms with Crippen LogP contribution < -0.4 is 5.32 Å². The molecule has 0 spiro atoms. The van der Waals surface area contributed by atoms with Crippen molar-refractivity contribution in [3.05, 3.63) is 58.9 Å². The molecule has 2 aliphatic heterocycles. The summed E-state index contributed by atoms with van der Waals surface area (Å²) in [5, 5.41) is 11.7. The summed E-state index contributed by atoms with van der Waals surface area (Å²) in [5.41, 5.74) is 5.58. The maximum absolute atomic E-state index is 12.4. The number of aromatic nitrogens is 1. The third kappa shape index (κ3) is 5.26. The molecule has 1 saturated carbocycles. The molecule has 0 bridgehead atoms. The van der Waals surface area contributed by atoms with Crippen LogP contribution in [0.2, 0.25) is 0 Å².